The van der Waals surface area contributed by atoms with Gasteiger partial charge < -0.3 is 14.9 Å². The van der Waals surface area contributed by atoms with Crippen molar-refractivity contribution in [3.8, 4) is 11.5 Å². The van der Waals surface area contributed by atoms with Crippen molar-refractivity contribution in [3.63, 3.8) is 0 Å². The molecule has 0 radical (unpaired) electrons. The van der Waals surface area contributed by atoms with Crippen LogP contribution in [0.5, 0.6) is 11.5 Å². The molecule has 0 amide bonds. The fourth-order valence-corrected chi connectivity index (χ4v) is 2.10. The Hall–Kier alpha value is -2.33. The number of ether oxygens (including phenoxy) is 1. The van der Waals surface area contributed by atoms with Crippen molar-refractivity contribution in [2.24, 2.45) is 4.99 Å². The average molecular weight is 299 g/mol. The molecule has 0 fully saturated rings. The van der Waals surface area contributed by atoms with Gasteiger partial charge in [-0.05, 0) is 37.6 Å². The van der Waals surface area contributed by atoms with Crippen LogP contribution in [0.25, 0.3) is 0 Å². The Bertz CT molecular complexity index is 636. The van der Waals surface area contributed by atoms with Crippen LogP contribution >= 0.6 is 0 Å². The third-order valence-corrected chi connectivity index (χ3v) is 3.34. The van der Waals surface area contributed by atoms with E-state index in [1.807, 2.05) is 37.3 Å². The summed E-state index contributed by atoms with van der Waals surface area (Å²) in [4.78, 5) is 4.26. The lowest BCUT2D eigenvalue weighted by molar-refractivity contribution is 0.0675. The van der Waals surface area contributed by atoms with E-state index in [1.165, 1.54) is 0 Å². The summed E-state index contributed by atoms with van der Waals surface area (Å²) in [5.41, 5.74) is 0.319. The Morgan fingerprint density at radius 3 is 2.59 bits per heavy atom. The predicted molar refractivity (Wildman–Crippen MR) is 87.7 cm³/mol. The van der Waals surface area contributed by atoms with Gasteiger partial charge in [0.1, 0.15) is 17.1 Å². The van der Waals surface area contributed by atoms with Gasteiger partial charge in [0.05, 0.1) is 13.2 Å². The summed E-state index contributed by atoms with van der Waals surface area (Å²) in [6.07, 6.45) is 1.55. The minimum atomic E-state index is -1.05. The van der Waals surface area contributed by atoms with Crippen LogP contribution < -0.4 is 4.74 Å². The SMILES string of the molecule is CCOc1ccc(O)c(C=NCC(C)(O)c2ccccc2)c1. The number of hydrogen-bond acceptors (Lipinski definition) is 4. The summed E-state index contributed by atoms with van der Waals surface area (Å²) in [5.74, 6) is 0.808. The van der Waals surface area contributed by atoms with E-state index >= 15 is 0 Å². The van der Waals surface area contributed by atoms with Crippen molar-refractivity contribution < 1.29 is 14.9 Å². The van der Waals surface area contributed by atoms with Crippen molar-refractivity contribution >= 4 is 6.21 Å². The van der Waals surface area contributed by atoms with Crippen LogP contribution in [0.3, 0.4) is 0 Å². The molecule has 0 saturated heterocycles. The molecule has 0 heterocycles. The van der Waals surface area contributed by atoms with E-state index in [2.05, 4.69) is 4.99 Å². The Labute approximate surface area is 130 Å². The number of nitrogens with zero attached hydrogens (tertiary/aromatic N) is 1. The Morgan fingerprint density at radius 2 is 1.91 bits per heavy atom. The molecule has 2 N–H and O–H groups in total. The third kappa shape index (κ3) is 4.09. The molecule has 1 atom stereocenters. The zero-order valence-corrected chi connectivity index (χ0v) is 12.9. The zero-order valence-electron chi connectivity index (χ0n) is 12.9. The second-order valence-electron chi connectivity index (χ2n) is 5.26. The van der Waals surface area contributed by atoms with Gasteiger partial charge in [0.2, 0.25) is 0 Å². The van der Waals surface area contributed by atoms with Crippen LogP contribution in [0.15, 0.2) is 53.5 Å². The largest absolute Gasteiger partial charge is 0.507 e. The first-order chi connectivity index (χ1) is 10.5. The van der Waals surface area contributed by atoms with Crippen molar-refractivity contribution in [3.05, 3.63) is 59.7 Å². The molecule has 116 valence electrons. The molecule has 0 aliphatic carbocycles. The van der Waals surface area contributed by atoms with E-state index < -0.39 is 5.60 Å². The first-order valence-electron chi connectivity index (χ1n) is 7.26. The van der Waals surface area contributed by atoms with E-state index in [0.29, 0.717) is 17.9 Å². The molecular weight excluding hydrogens is 278 g/mol. The number of phenols is 1. The van der Waals surface area contributed by atoms with Gasteiger partial charge in [0.25, 0.3) is 0 Å². The number of phenolic OH excluding ortho intramolecular Hbond substituents is 1. The maximum atomic E-state index is 10.5. The summed E-state index contributed by atoms with van der Waals surface area (Å²) in [7, 11) is 0. The molecule has 0 saturated carbocycles. The van der Waals surface area contributed by atoms with Crippen LogP contribution in [-0.2, 0) is 5.60 Å². The van der Waals surface area contributed by atoms with Crippen molar-refractivity contribution in [2.75, 3.05) is 13.2 Å². The summed E-state index contributed by atoms with van der Waals surface area (Å²) < 4.78 is 5.40. The number of aromatic hydroxyl groups is 1. The van der Waals surface area contributed by atoms with Crippen LogP contribution in [-0.4, -0.2) is 29.6 Å². The molecule has 2 aromatic carbocycles. The molecule has 22 heavy (non-hydrogen) atoms. The quantitative estimate of drug-likeness (QED) is 0.806. The highest BCUT2D eigenvalue weighted by molar-refractivity contribution is 5.84. The monoisotopic (exact) mass is 299 g/mol. The lowest BCUT2D eigenvalue weighted by atomic mass is 9.96. The molecule has 2 aromatic rings. The predicted octanol–water partition coefficient (Wildman–Crippen LogP) is 3.12. The zero-order chi connectivity index (χ0) is 16.0. The smallest absolute Gasteiger partial charge is 0.124 e. The molecule has 0 spiro atoms. The van der Waals surface area contributed by atoms with Gasteiger partial charge in [-0.2, -0.15) is 0 Å². The fraction of sp³-hybridized carbons (Fsp3) is 0.278. The molecule has 0 aromatic heterocycles. The second kappa shape index (κ2) is 7.09. The normalized spacial score (nSPS) is 14.0. The fourth-order valence-electron chi connectivity index (χ4n) is 2.10. The van der Waals surface area contributed by atoms with Crippen LogP contribution in [0.1, 0.15) is 25.0 Å². The maximum absolute atomic E-state index is 10.5. The van der Waals surface area contributed by atoms with Gasteiger partial charge in [0, 0.05) is 11.8 Å². The van der Waals surface area contributed by atoms with Gasteiger partial charge in [-0.15, -0.1) is 0 Å². The first kappa shape index (κ1) is 16.0. The van der Waals surface area contributed by atoms with E-state index in [4.69, 9.17) is 4.74 Å². The molecular formula is C18H21NO3. The van der Waals surface area contributed by atoms with Gasteiger partial charge >= 0.3 is 0 Å². The first-order valence-corrected chi connectivity index (χ1v) is 7.26. The van der Waals surface area contributed by atoms with E-state index in [1.54, 1.807) is 31.3 Å². The Kier molecular flexibility index (Phi) is 5.17. The highest BCUT2D eigenvalue weighted by atomic mass is 16.5. The minimum absolute atomic E-state index is 0.131. The molecule has 4 heteroatoms. The van der Waals surface area contributed by atoms with Crippen LogP contribution in [0.4, 0.5) is 0 Å². The van der Waals surface area contributed by atoms with Gasteiger partial charge in [-0.25, -0.2) is 0 Å². The molecule has 2 rings (SSSR count). The van der Waals surface area contributed by atoms with Crippen LogP contribution in [0.2, 0.25) is 0 Å². The Balaban J connectivity index is 2.10. The number of benzene rings is 2. The number of aliphatic hydroxyl groups is 1. The lowest BCUT2D eigenvalue weighted by Crippen LogP contribution is -2.24. The van der Waals surface area contributed by atoms with Gasteiger partial charge in [0.15, 0.2) is 0 Å². The highest BCUT2D eigenvalue weighted by Gasteiger charge is 2.21. The second-order valence-corrected chi connectivity index (χ2v) is 5.26. The number of rotatable bonds is 6. The summed E-state index contributed by atoms with van der Waals surface area (Å²) in [6, 6.07) is 14.4. The number of hydrogen-bond donors (Lipinski definition) is 2. The highest BCUT2D eigenvalue weighted by Crippen LogP contribution is 2.23. The lowest BCUT2D eigenvalue weighted by Gasteiger charge is -2.21. The minimum Gasteiger partial charge on any atom is -0.507 e. The molecule has 0 aliphatic rings. The van der Waals surface area contributed by atoms with Crippen molar-refractivity contribution in [1.82, 2.24) is 0 Å². The standard InChI is InChI=1S/C18H21NO3/c1-3-22-16-9-10-17(20)14(11-16)12-19-13-18(2,21)15-7-5-4-6-8-15/h4-12,20-21H,3,13H2,1-2H3. The average Bonchev–Trinajstić information content (AvgIpc) is 2.51. The van der Waals surface area contributed by atoms with E-state index in [-0.39, 0.29) is 12.3 Å². The van der Waals surface area contributed by atoms with E-state index in [0.717, 1.165) is 5.56 Å². The molecule has 4 nitrogen and oxygen atoms in total. The maximum Gasteiger partial charge on any atom is 0.124 e. The number of aliphatic imine (C=N–C) groups is 1. The Morgan fingerprint density at radius 1 is 1.18 bits per heavy atom. The molecule has 0 aliphatic heterocycles. The van der Waals surface area contributed by atoms with Gasteiger partial charge in [-0.3, -0.25) is 4.99 Å². The topological polar surface area (TPSA) is 62.0 Å². The van der Waals surface area contributed by atoms with Crippen molar-refractivity contribution in [1.29, 1.82) is 0 Å². The summed E-state index contributed by atoms with van der Waals surface area (Å²) in [5, 5.41) is 20.3. The van der Waals surface area contributed by atoms with Crippen molar-refractivity contribution in [2.45, 2.75) is 19.4 Å². The van der Waals surface area contributed by atoms with Crippen LogP contribution in [0, 0.1) is 0 Å². The summed E-state index contributed by atoms with van der Waals surface area (Å²) in [6.45, 7) is 4.38. The molecule has 1 unspecified atom stereocenters. The summed E-state index contributed by atoms with van der Waals surface area (Å²) >= 11 is 0. The third-order valence-electron chi connectivity index (χ3n) is 3.34. The molecule has 0 bridgehead atoms. The van der Waals surface area contributed by atoms with Gasteiger partial charge in [-0.1, -0.05) is 30.3 Å². The van der Waals surface area contributed by atoms with E-state index in [9.17, 15) is 10.2 Å².